The fourth-order valence-corrected chi connectivity index (χ4v) is 2.88. The Hall–Kier alpha value is -2.21. The highest BCUT2D eigenvalue weighted by molar-refractivity contribution is 7.16. The lowest BCUT2D eigenvalue weighted by Gasteiger charge is -2.05. The van der Waals surface area contributed by atoms with Gasteiger partial charge in [-0.2, -0.15) is 0 Å². The van der Waals surface area contributed by atoms with E-state index in [9.17, 15) is 14.0 Å². The maximum Gasteiger partial charge on any atom is 0.256 e. The van der Waals surface area contributed by atoms with Crippen molar-refractivity contribution in [3.63, 3.8) is 0 Å². The molecule has 6 heteroatoms. The minimum atomic E-state index is -0.596. The van der Waals surface area contributed by atoms with Crippen LogP contribution in [0.25, 0.3) is 0 Å². The minimum absolute atomic E-state index is 0.184. The van der Waals surface area contributed by atoms with Gasteiger partial charge < -0.3 is 11.1 Å². The lowest BCUT2D eigenvalue weighted by Crippen LogP contribution is -2.17. The maximum absolute atomic E-state index is 13.1. The Bertz CT molecular complexity index is 694. The molecule has 2 rings (SSSR count). The van der Waals surface area contributed by atoms with Crippen LogP contribution in [-0.2, 0) is 0 Å². The van der Waals surface area contributed by atoms with Gasteiger partial charge in [0.15, 0.2) is 0 Å². The first-order valence-corrected chi connectivity index (χ1v) is 6.68. The molecule has 0 radical (unpaired) electrons. The van der Waals surface area contributed by atoms with Crippen molar-refractivity contribution in [3.05, 3.63) is 51.7 Å². The van der Waals surface area contributed by atoms with Gasteiger partial charge in [0.1, 0.15) is 10.8 Å². The number of nitrogens with two attached hydrogens (primary N) is 1. The number of aryl methyl sites for hydroxylation is 1. The molecule has 0 aliphatic rings. The highest BCUT2D eigenvalue weighted by Gasteiger charge is 2.19. The van der Waals surface area contributed by atoms with Crippen LogP contribution < -0.4 is 11.1 Å². The van der Waals surface area contributed by atoms with Crippen LogP contribution in [0.1, 0.15) is 31.2 Å². The molecule has 0 spiro atoms. The van der Waals surface area contributed by atoms with Gasteiger partial charge in [-0.05, 0) is 37.6 Å². The number of nitrogens with one attached hydrogen (secondary N) is 1. The van der Waals surface area contributed by atoms with Gasteiger partial charge in [0.05, 0.1) is 5.56 Å². The number of primary amides is 1. The molecule has 0 fully saturated rings. The summed E-state index contributed by atoms with van der Waals surface area (Å²) in [6.07, 6.45) is 0. The van der Waals surface area contributed by atoms with Crippen LogP contribution in [-0.4, -0.2) is 11.8 Å². The fourth-order valence-electron chi connectivity index (χ4n) is 1.82. The third-order valence-electron chi connectivity index (χ3n) is 2.95. The third-order valence-corrected chi connectivity index (χ3v) is 4.07. The van der Waals surface area contributed by atoms with Gasteiger partial charge >= 0.3 is 0 Å². The highest BCUT2D eigenvalue weighted by atomic mass is 32.1. The summed E-state index contributed by atoms with van der Waals surface area (Å²) in [5.74, 6) is -1.57. The van der Waals surface area contributed by atoms with Crippen molar-refractivity contribution >= 4 is 28.2 Å². The van der Waals surface area contributed by atoms with Crippen molar-refractivity contribution in [3.8, 4) is 0 Å². The Morgan fingerprint density at radius 1 is 1.30 bits per heavy atom. The number of amides is 2. The van der Waals surface area contributed by atoms with E-state index in [0.717, 1.165) is 16.5 Å². The number of benzene rings is 1. The molecular formula is C14H13FN2O2S. The number of anilines is 1. The molecule has 2 amide bonds. The van der Waals surface area contributed by atoms with Crippen LogP contribution in [0.2, 0.25) is 0 Å². The number of halogens is 1. The predicted octanol–water partition coefficient (Wildman–Crippen LogP) is 2.86. The molecule has 1 aromatic heterocycles. The second-order valence-electron chi connectivity index (χ2n) is 4.32. The summed E-state index contributed by atoms with van der Waals surface area (Å²) in [4.78, 5) is 24.4. The van der Waals surface area contributed by atoms with Crippen molar-refractivity contribution in [2.45, 2.75) is 13.8 Å². The summed E-state index contributed by atoms with van der Waals surface area (Å²) in [6, 6.07) is 5.33. The SMILES string of the molecule is Cc1sc(NC(=O)c2cccc(F)c2)c(C(N)=O)c1C. The van der Waals surface area contributed by atoms with E-state index in [1.807, 2.05) is 6.92 Å². The number of hydrogen-bond acceptors (Lipinski definition) is 3. The number of thiophene rings is 1. The van der Waals surface area contributed by atoms with E-state index in [4.69, 9.17) is 5.73 Å². The van der Waals surface area contributed by atoms with E-state index >= 15 is 0 Å². The Morgan fingerprint density at radius 3 is 2.60 bits per heavy atom. The van der Waals surface area contributed by atoms with E-state index in [1.165, 1.54) is 29.5 Å². The molecule has 0 saturated carbocycles. The Morgan fingerprint density at radius 2 is 2.00 bits per heavy atom. The van der Waals surface area contributed by atoms with Crippen molar-refractivity contribution in [1.82, 2.24) is 0 Å². The molecule has 3 N–H and O–H groups in total. The Kier molecular flexibility index (Phi) is 3.85. The summed E-state index contributed by atoms with van der Waals surface area (Å²) in [6.45, 7) is 3.61. The topological polar surface area (TPSA) is 72.2 Å². The van der Waals surface area contributed by atoms with Crippen molar-refractivity contribution in [2.24, 2.45) is 5.73 Å². The molecule has 20 heavy (non-hydrogen) atoms. The molecule has 0 aliphatic carbocycles. The van der Waals surface area contributed by atoms with Gasteiger partial charge in [0.25, 0.3) is 11.8 Å². The van der Waals surface area contributed by atoms with Crippen molar-refractivity contribution in [2.75, 3.05) is 5.32 Å². The molecule has 0 saturated heterocycles. The van der Waals surface area contributed by atoms with E-state index in [0.29, 0.717) is 10.6 Å². The summed E-state index contributed by atoms with van der Waals surface area (Å²) < 4.78 is 13.1. The lowest BCUT2D eigenvalue weighted by atomic mass is 10.1. The smallest absolute Gasteiger partial charge is 0.256 e. The molecule has 0 aliphatic heterocycles. The van der Waals surface area contributed by atoms with Gasteiger partial charge in [-0.3, -0.25) is 9.59 Å². The van der Waals surface area contributed by atoms with Gasteiger partial charge in [-0.25, -0.2) is 4.39 Å². The molecule has 104 valence electrons. The molecular weight excluding hydrogens is 279 g/mol. The van der Waals surface area contributed by atoms with Crippen LogP contribution in [0.5, 0.6) is 0 Å². The van der Waals surface area contributed by atoms with E-state index < -0.39 is 17.6 Å². The zero-order valence-electron chi connectivity index (χ0n) is 11.0. The predicted molar refractivity (Wildman–Crippen MR) is 76.7 cm³/mol. The van der Waals surface area contributed by atoms with Crippen LogP contribution in [0.3, 0.4) is 0 Å². The normalized spacial score (nSPS) is 10.3. The van der Waals surface area contributed by atoms with Crippen molar-refractivity contribution < 1.29 is 14.0 Å². The monoisotopic (exact) mass is 292 g/mol. The average molecular weight is 292 g/mol. The maximum atomic E-state index is 13.1. The average Bonchev–Trinajstić information content (AvgIpc) is 2.64. The molecule has 1 heterocycles. The highest BCUT2D eigenvalue weighted by Crippen LogP contribution is 2.32. The van der Waals surface area contributed by atoms with Crippen LogP contribution in [0, 0.1) is 19.7 Å². The molecule has 2 aromatic rings. The van der Waals surface area contributed by atoms with Gasteiger partial charge in [-0.15, -0.1) is 11.3 Å². The quantitative estimate of drug-likeness (QED) is 0.913. The van der Waals surface area contributed by atoms with E-state index in [1.54, 1.807) is 6.92 Å². The number of carbonyl (C=O) groups is 2. The van der Waals surface area contributed by atoms with Crippen LogP contribution >= 0.6 is 11.3 Å². The first-order chi connectivity index (χ1) is 9.40. The van der Waals surface area contributed by atoms with Gasteiger partial charge in [0.2, 0.25) is 0 Å². The molecule has 0 bridgehead atoms. The first kappa shape index (κ1) is 14.2. The van der Waals surface area contributed by atoms with Gasteiger partial charge in [-0.1, -0.05) is 6.07 Å². The second-order valence-corrected chi connectivity index (χ2v) is 5.54. The van der Waals surface area contributed by atoms with E-state index in [2.05, 4.69) is 5.32 Å². The van der Waals surface area contributed by atoms with Crippen LogP contribution in [0.15, 0.2) is 24.3 Å². The molecule has 0 atom stereocenters. The first-order valence-electron chi connectivity index (χ1n) is 5.87. The minimum Gasteiger partial charge on any atom is -0.365 e. The second kappa shape index (κ2) is 5.42. The third kappa shape index (κ3) is 2.70. The molecule has 1 aromatic carbocycles. The largest absolute Gasteiger partial charge is 0.365 e. The molecule has 0 unspecified atom stereocenters. The zero-order chi connectivity index (χ0) is 14.9. The summed E-state index contributed by atoms with van der Waals surface area (Å²) in [5, 5.41) is 3.00. The molecule has 4 nitrogen and oxygen atoms in total. The lowest BCUT2D eigenvalue weighted by molar-refractivity contribution is 0.100. The Balaban J connectivity index is 2.33. The summed E-state index contributed by atoms with van der Waals surface area (Å²) in [5.41, 5.74) is 6.56. The standard InChI is InChI=1S/C14H13FN2O2S/c1-7-8(2)20-14(11(7)12(16)18)17-13(19)9-4-3-5-10(15)6-9/h3-6H,1-2H3,(H2,16,18)(H,17,19). The summed E-state index contributed by atoms with van der Waals surface area (Å²) >= 11 is 1.27. The number of rotatable bonds is 3. The Labute approximate surface area is 119 Å². The fraction of sp³-hybridized carbons (Fsp3) is 0.143. The zero-order valence-corrected chi connectivity index (χ0v) is 11.8. The van der Waals surface area contributed by atoms with Crippen molar-refractivity contribution in [1.29, 1.82) is 0 Å². The summed E-state index contributed by atoms with van der Waals surface area (Å²) in [7, 11) is 0. The van der Waals surface area contributed by atoms with E-state index in [-0.39, 0.29) is 5.56 Å². The van der Waals surface area contributed by atoms with Gasteiger partial charge in [0, 0.05) is 10.4 Å². The number of carbonyl (C=O) groups excluding carboxylic acids is 2. The number of hydrogen-bond donors (Lipinski definition) is 2. The van der Waals surface area contributed by atoms with Crippen LogP contribution in [0.4, 0.5) is 9.39 Å².